The number of ether oxygens (including phenoxy) is 5. The molecule has 0 aromatic rings. The average molecular weight is 1450 g/mol. The minimum absolute atomic E-state index is 0.00870. The van der Waals surface area contributed by atoms with E-state index in [4.69, 9.17) is 19.7 Å². The van der Waals surface area contributed by atoms with Crippen molar-refractivity contribution in [2.24, 2.45) is 56.7 Å². The summed E-state index contributed by atoms with van der Waals surface area (Å²) in [6.07, 6.45) is -25.5. The number of alkyl halides is 18. The molecular formula is C65H106F18O14. The topological polar surface area (TPSA) is 212 Å². The fourth-order valence-electron chi connectivity index (χ4n) is 10.7. The van der Waals surface area contributed by atoms with E-state index in [1.54, 1.807) is 0 Å². The first-order chi connectivity index (χ1) is 42.9. The second kappa shape index (κ2) is 33.8. The van der Waals surface area contributed by atoms with Crippen molar-refractivity contribution in [1.29, 1.82) is 0 Å². The molecule has 6 unspecified atom stereocenters. The SMILES string of the molecule is CCC(C)(C)C(=O)OC.CCC(C)(C)C(=O)OC(C)(C)C(O)(C(F)(F)F)C(F)(F)F.CCC(C)(C)C(=O)OC(C)(C)C(O)(C(F)(F)F)C(F)(F)F.CCC(C)(C)C(=O)OC1(CC)CC2CCC1C2.CCC(C)(C)C(=O)OCCO.OC(CC1CC2CCC1C2)(C(F)(F)F)C(F)(F)F. The summed E-state index contributed by atoms with van der Waals surface area (Å²) in [5.74, 6) is -1.96. The van der Waals surface area contributed by atoms with Gasteiger partial charge in [-0.25, -0.2) is 0 Å². The molecule has 0 radical (unpaired) electrons. The molecule has 4 rings (SSSR count). The van der Waals surface area contributed by atoms with Gasteiger partial charge in [0.1, 0.15) is 12.2 Å². The molecule has 0 amide bonds. The molecule has 0 aliphatic heterocycles. The monoisotopic (exact) mass is 1450 g/mol. The van der Waals surface area contributed by atoms with Gasteiger partial charge in [0.05, 0.1) is 40.8 Å². The smallest absolute Gasteiger partial charge is 0.430 e. The van der Waals surface area contributed by atoms with Crippen molar-refractivity contribution in [3.8, 4) is 0 Å². The molecule has 0 aromatic heterocycles. The highest BCUT2D eigenvalue weighted by Gasteiger charge is 2.80. The van der Waals surface area contributed by atoms with Crippen LogP contribution in [0.2, 0.25) is 0 Å². The average Bonchev–Trinajstić information content (AvgIpc) is 1.62. The maximum absolute atomic E-state index is 12.8. The first kappa shape index (κ1) is 95.0. The molecule has 4 N–H and O–H groups in total. The van der Waals surface area contributed by atoms with Gasteiger partial charge in [-0.15, -0.1) is 0 Å². The Balaban J connectivity index is 0. The van der Waals surface area contributed by atoms with Gasteiger partial charge < -0.3 is 44.1 Å². The van der Waals surface area contributed by atoms with Crippen LogP contribution in [-0.4, -0.2) is 141 Å². The van der Waals surface area contributed by atoms with Gasteiger partial charge in [0.2, 0.25) is 0 Å². The van der Waals surface area contributed by atoms with Crippen LogP contribution in [0.5, 0.6) is 0 Å². The predicted octanol–water partition coefficient (Wildman–Crippen LogP) is 17.4. The molecule has 4 fully saturated rings. The first-order valence-corrected chi connectivity index (χ1v) is 32.1. The van der Waals surface area contributed by atoms with E-state index in [2.05, 4.69) is 28.1 Å². The zero-order valence-corrected chi connectivity index (χ0v) is 59.6. The molecule has 0 saturated heterocycles. The molecule has 4 bridgehead atoms. The van der Waals surface area contributed by atoms with E-state index >= 15 is 0 Å². The minimum atomic E-state index is -6.06. The maximum atomic E-state index is 12.8. The molecule has 576 valence electrons. The number of aliphatic hydroxyl groups excluding tert-OH is 1. The molecule has 4 saturated carbocycles. The largest absolute Gasteiger partial charge is 0.469 e. The Kier molecular flexibility index (Phi) is 33.1. The number of hydrogen-bond acceptors (Lipinski definition) is 14. The van der Waals surface area contributed by atoms with Crippen molar-refractivity contribution in [3.63, 3.8) is 0 Å². The lowest BCUT2D eigenvalue weighted by Crippen LogP contribution is -2.70. The van der Waals surface area contributed by atoms with Gasteiger partial charge in [0, 0.05) is 0 Å². The van der Waals surface area contributed by atoms with Gasteiger partial charge in [-0.05, 0) is 216 Å². The number of hydrogen-bond donors (Lipinski definition) is 4. The molecule has 4 aliphatic rings. The van der Waals surface area contributed by atoms with Gasteiger partial charge in [-0.2, -0.15) is 79.0 Å². The van der Waals surface area contributed by atoms with Crippen LogP contribution in [0.3, 0.4) is 0 Å². The van der Waals surface area contributed by atoms with Gasteiger partial charge in [0.25, 0.3) is 16.8 Å². The second-order valence-electron chi connectivity index (χ2n) is 29.6. The summed E-state index contributed by atoms with van der Waals surface area (Å²) in [6, 6.07) is 0. The lowest BCUT2D eigenvalue weighted by molar-refractivity contribution is -0.408. The van der Waals surface area contributed by atoms with Gasteiger partial charge in [0.15, 0.2) is 11.2 Å². The summed E-state index contributed by atoms with van der Waals surface area (Å²) in [5, 5.41) is 36.0. The quantitative estimate of drug-likeness (QED) is 0.0507. The Labute approximate surface area is 558 Å². The molecule has 6 atom stereocenters. The number of methoxy groups -OCH3 is 1. The van der Waals surface area contributed by atoms with Crippen LogP contribution in [0.4, 0.5) is 79.0 Å². The zero-order chi connectivity index (χ0) is 77.8. The Bertz CT molecular complexity index is 2390. The fourth-order valence-corrected chi connectivity index (χ4v) is 10.7. The normalized spacial score (nSPS) is 21.3. The van der Waals surface area contributed by atoms with Crippen molar-refractivity contribution < 1.29 is 147 Å². The summed E-state index contributed by atoms with van der Waals surface area (Å²) >= 11 is 0. The Morgan fingerprint density at radius 1 is 0.423 bits per heavy atom. The van der Waals surface area contributed by atoms with E-state index in [1.165, 1.54) is 67.9 Å². The second-order valence-corrected chi connectivity index (χ2v) is 29.6. The molecule has 0 aromatic carbocycles. The van der Waals surface area contributed by atoms with E-state index in [9.17, 15) is 113 Å². The highest BCUT2D eigenvalue weighted by molar-refractivity contribution is 5.78. The van der Waals surface area contributed by atoms with Crippen molar-refractivity contribution in [1.82, 2.24) is 0 Å². The standard InChI is InChI=1S/C15H26O2.2C12H18F6O3.C11H14F6O.C8H16O3.C7H14O2/c1-5-14(3,4)13(16)17-15(6-2)10-11-7-8-12(15)9-11;2*1-6-8(2,3)7(19)21-9(4,5)10(20,11(13,14)15)12(16,17)18;12-10(13,14)9(18,11(15,16)17)5-8-4-6-1-2-7(8)3-6;1-4-8(2,3)7(10)11-6-5-9;1-5-7(2,3)6(8)9-4/h11-12H,5-10H2,1-4H3;2*20H,6H2,1-5H3;6-8,18H,1-5H2;9H,4-6H2,1-3H3;5H2,1-4H3. The van der Waals surface area contributed by atoms with Gasteiger partial charge >= 0.3 is 66.9 Å². The van der Waals surface area contributed by atoms with Gasteiger partial charge in [-0.3, -0.25) is 24.0 Å². The Hall–Kier alpha value is -4.07. The molecule has 4 aliphatic carbocycles. The number of carbonyl (C=O) groups is 5. The van der Waals surface area contributed by atoms with Crippen LogP contribution < -0.4 is 0 Å². The Morgan fingerprint density at radius 3 is 0.990 bits per heavy atom. The van der Waals surface area contributed by atoms with E-state index in [0.717, 1.165) is 44.4 Å². The number of esters is 5. The van der Waals surface area contributed by atoms with E-state index < -0.39 is 106 Å². The summed E-state index contributed by atoms with van der Waals surface area (Å²) in [6.45, 7) is 29.3. The van der Waals surface area contributed by atoms with Crippen LogP contribution >= 0.6 is 0 Å². The summed E-state index contributed by atoms with van der Waals surface area (Å²) < 4.78 is 252. The Morgan fingerprint density at radius 2 is 0.753 bits per heavy atom. The maximum Gasteiger partial charge on any atom is 0.430 e. The molecule has 32 heteroatoms. The molecule has 0 heterocycles. The van der Waals surface area contributed by atoms with Crippen molar-refractivity contribution in [2.75, 3.05) is 20.3 Å². The lowest BCUT2D eigenvalue weighted by Gasteiger charge is -2.44. The zero-order valence-electron chi connectivity index (χ0n) is 59.6. The van der Waals surface area contributed by atoms with Crippen molar-refractivity contribution in [2.45, 2.75) is 305 Å². The predicted molar refractivity (Wildman–Crippen MR) is 320 cm³/mol. The number of carbonyl (C=O) groups excluding carboxylic acids is 5. The van der Waals surface area contributed by atoms with Gasteiger partial charge in [-0.1, -0.05) is 48.0 Å². The number of fused-ring (bicyclic) bond motifs is 4. The fraction of sp³-hybridized carbons (Fsp3) is 0.923. The third kappa shape index (κ3) is 23.2. The summed E-state index contributed by atoms with van der Waals surface area (Å²) in [5.41, 5.74) is -25.1. The third-order valence-corrected chi connectivity index (χ3v) is 20.0. The summed E-state index contributed by atoms with van der Waals surface area (Å²) in [7, 11) is 1.42. The highest BCUT2D eigenvalue weighted by Crippen LogP contribution is 2.58. The van der Waals surface area contributed by atoms with E-state index in [0.29, 0.717) is 52.9 Å². The highest BCUT2D eigenvalue weighted by atomic mass is 19.4. The van der Waals surface area contributed by atoms with Crippen LogP contribution in [0, 0.1) is 56.7 Å². The van der Waals surface area contributed by atoms with Crippen LogP contribution in [0.25, 0.3) is 0 Å². The van der Waals surface area contributed by atoms with Crippen LogP contribution in [0.1, 0.15) is 235 Å². The number of aliphatic hydroxyl groups is 4. The summed E-state index contributed by atoms with van der Waals surface area (Å²) in [4.78, 5) is 57.7. The molecular weight excluding hydrogens is 1350 g/mol. The van der Waals surface area contributed by atoms with Crippen molar-refractivity contribution in [3.05, 3.63) is 0 Å². The van der Waals surface area contributed by atoms with E-state index in [-0.39, 0.29) is 72.2 Å². The lowest BCUT2D eigenvalue weighted by atomic mass is 9.79. The number of halogens is 18. The molecule has 97 heavy (non-hydrogen) atoms. The first-order valence-electron chi connectivity index (χ1n) is 32.1. The van der Waals surface area contributed by atoms with Crippen LogP contribution in [0.15, 0.2) is 0 Å². The minimum Gasteiger partial charge on any atom is -0.469 e. The molecule has 14 nitrogen and oxygen atoms in total. The number of rotatable bonds is 20. The van der Waals surface area contributed by atoms with E-state index in [1.807, 2.05) is 55.4 Å². The third-order valence-electron chi connectivity index (χ3n) is 20.0. The van der Waals surface area contributed by atoms with Crippen molar-refractivity contribution >= 4 is 29.8 Å². The van der Waals surface area contributed by atoms with Crippen LogP contribution in [-0.2, 0) is 47.7 Å². The molecule has 0 spiro atoms.